The van der Waals surface area contributed by atoms with Gasteiger partial charge in [0.25, 0.3) is 0 Å². The first-order valence-corrected chi connectivity index (χ1v) is 5.54. The lowest BCUT2D eigenvalue weighted by atomic mass is 10.1. The molecule has 0 aliphatic carbocycles. The van der Waals surface area contributed by atoms with Gasteiger partial charge in [-0.2, -0.15) is 5.10 Å². The second kappa shape index (κ2) is 4.56. The molecule has 1 aromatic heterocycles. The Labute approximate surface area is 108 Å². The third kappa shape index (κ3) is 2.33. The fourth-order valence-electron chi connectivity index (χ4n) is 1.78. The van der Waals surface area contributed by atoms with Gasteiger partial charge in [0.1, 0.15) is 5.56 Å². The zero-order chi connectivity index (χ0) is 14.2. The second-order valence-electron chi connectivity index (χ2n) is 4.18. The molecule has 1 aromatic carbocycles. The van der Waals surface area contributed by atoms with Crippen molar-refractivity contribution in [1.29, 1.82) is 0 Å². The van der Waals surface area contributed by atoms with Crippen molar-refractivity contribution >= 4 is 11.9 Å². The van der Waals surface area contributed by atoms with Crippen molar-refractivity contribution in [2.75, 3.05) is 0 Å². The second-order valence-corrected chi connectivity index (χ2v) is 4.18. The molecule has 0 saturated carbocycles. The summed E-state index contributed by atoms with van der Waals surface area (Å²) in [5.41, 5.74) is 1.97. The maximum absolute atomic E-state index is 11.0. The lowest BCUT2D eigenvalue weighted by molar-refractivity contribution is 0.0685. The summed E-state index contributed by atoms with van der Waals surface area (Å²) in [4.78, 5) is 21.9. The van der Waals surface area contributed by atoms with E-state index in [-0.39, 0.29) is 11.1 Å². The highest BCUT2D eigenvalue weighted by molar-refractivity contribution is 5.89. The number of aryl methyl sites for hydroxylation is 2. The van der Waals surface area contributed by atoms with Gasteiger partial charge >= 0.3 is 11.9 Å². The summed E-state index contributed by atoms with van der Waals surface area (Å²) in [6, 6.07) is 4.63. The summed E-state index contributed by atoms with van der Waals surface area (Å²) in [7, 11) is 0. The Morgan fingerprint density at radius 1 is 1.16 bits per heavy atom. The summed E-state index contributed by atoms with van der Waals surface area (Å²) < 4.78 is 1.39. The molecule has 6 nitrogen and oxygen atoms in total. The van der Waals surface area contributed by atoms with E-state index in [4.69, 9.17) is 10.2 Å². The van der Waals surface area contributed by atoms with Crippen LogP contribution >= 0.6 is 0 Å². The minimum Gasteiger partial charge on any atom is -0.478 e. The Morgan fingerprint density at radius 3 is 2.37 bits per heavy atom. The van der Waals surface area contributed by atoms with E-state index in [1.54, 1.807) is 19.9 Å². The van der Waals surface area contributed by atoms with Crippen molar-refractivity contribution in [3.8, 4) is 5.69 Å². The van der Waals surface area contributed by atoms with Crippen LogP contribution in [0.25, 0.3) is 5.69 Å². The van der Waals surface area contributed by atoms with Crippen LogP contribution < -0.4 is 0 Å². The average molecular weight is 260 g/mol. The van der Waals surface area contributed by atoms with Gasteiger partial charge in [0.2, 0.25) is 0 Å². The minimum atomic E-state index is -1.06. The molecule has 1 heterocycles. The van der Waals surface area contributed by atoms with Crippen LogP contribution in [0.5, 0.6) is 0 Å². The van der Waals surface area contributed by atoms with Crippen LogP contribution in [-0.2, 0) is 0 Å². The molecule has 98 valence electrons. The highest BCUT2D eigenvalue weighted by atomic mass is 16.4. The van der Waals surface area contributed by atoms with Gasteiger partial charge in [-0.25, -0.2) is 14.3 Å². The molecule has 2 aromatic rings. The molecule has 0 atom stereocenters. The average Bonchev–Trinajstić information content (AvgIpc) is 2.71. The van der Waals surface area contributed by atoms with Crippen LogP contribution in [0.1, 0.15) is 32.0 Å². The zero-order valence-electron chi connectivity index (χ0n) is 10.4. The number of carboxylic acid groups (broad SMARTS) is 2. The highest BCUT2D eigenvalue weighted by Crippen LogP contribution is 2.18. The van der Waals surface area contributed by atoms with Crippen LogP contribution in [0.3, 0.4) is 0 Å². The predicted octanol–water partition coefficient (Wildman–Crippen LogP) is 1.89. The minimum absolute atomic E-state index is 0.0973. The fourth-order valence-corrected chi connectivity index (χ4v) is 1.78. The molecule has 0 aliphatic heterocycles. The van der Waals surface area contributed by atoms with Crippen LogP contribution in [0.15, 0.2) is 24.4 Å². The van der Waals surface area contributed by atoms with Gasteiger partial charge in [0.15, 0.2) is 0 Å². The van der Waals surface area contributed by atoms with Gasteiger partial charge in [0, 0.05) is 6.20 Å². The number of benzene rings is 1. The molecule has 0 spiro atoms. The molecule has 6 heteroatoms. The first-order valence-electron chi connectivity index (χ1n) is 5.54. The SMILES string of the molecule is Cc1ccc(C(=O)O)cc1-n1cc(C(=O)O)c(C)n1. The number of aromatic carboxylic acids is 2. The van der Waals surface area contributed by atoms with Crippen LogP contribution in [-0.4, -0.2) is 31.9 Å². The van der Waals surface area contributed by atoms with Crippen molar-refractivity contribution in [1.82, 2.24) is 9.78 Å². The number of hydrogen-bond acceptors (Lipinski definition) is 3. The Balaban J connectivity index is 2.58. The molecule has 0 unspecified atom stereocenters. The summed E-state index contributed by atoms with van der Waals surface area (Å²) >= 11 is 0. The van der Waals surface area contributed by atoms with Gasteiger partial charge in [-0.1, -0.05) is 6.07 Å². The van der Waals surface area contributed by atoms with Gasteiger partial charge in [-0.15, -0.1) is 0 Å². The molecule has 0 radical (unpaired) electrons. The molecule has 2 N–H and O–H groups in total. The van der Waals surface area contributed by atoms with Gasteiger partial charge < -0.3 is 10.2 Å². The number of carbonyl (C=O) groups is 2. The van der Waals surface area contributed by atoms with Crippen LogP contribution in [0.4, 0.5) is 0 Å². The summed E-state index contributed by atoms with van der Waals surface area (Å²) in [5, 5.41) is 22.1. The zero-order valence-corrected chi connectivity index (χ0v) is 10.4. The summed E-state index contributed by atoms with van der Waals surface area (Å²) in [5.74, 6) is -2.10. The molecule has 2 rings (SSSR count). The molecular formula is C13H12N2O4. The van der Waals surface area contributed by atoms with Crippen molar-refractivity contribution in [3.05, 3.63) is 46.8 Å². The van der Waals surface area contributed by atoms with E-state index >= 15 is 0 Å². The standard InChI is InChI=1S/C13H12N2O4/c1-7-3-4-9(12(16)17)5-11(7)15-6-10(13(18)19)8(2)14-15/h3-6H,1-2H3,(H,16,17)(H,18,19). The Hall–Kier alpha value is -2.63. The lowest BCUT2D eigenvalue weighted by Crippen LogP contribution is -2.03. The lowest BCUT2D eigenvalue weighted by Gasteiger charge is -2.06. The fraction of sp³-hybridized carbons (Fsp3) is 0.154. The van der Waals surface area contributed by atoms with Gasteiger partial charge in [-0.05, 0) is 31.5 Å². The Kier molecular flexibility index (Phi) is 3.08. The monoisotopic (exact) mass is 260 g/mol. The first-order chi connectivity index (χ1) is 8.90. The maximum atomic E-state index is 11.0. The first kappa shape index (κ1) is 12.8. The highest BCUT2D eigenvalue weighted by Gasteiger charge is 2.14. The van der Waals surface area contributed by atoms with Crippen LogP contribution in [0, 0.1) is 13.8 Å². The van der Waals surface area contributed by atoms with E-state index in [1.165, 1.54) is 23.0 Å². The Bertz CT molecular complexity index is 673. The molecule has 0 aliphatic rings. The number of carboxylic acids is 2. The normalized spacial score (nSPS) is 10.4. The molecule has 0 saturated heterocycles. The molecule has 19 heavy (non-hydrogen) atoms. The van der Waals surface area contributed by atoms with E-state index in [0.717, 1.165) is 5.56 Å². The van der Waals surface area contributed by atoms with Crippen molar-refractivity contribution in [2.45, 2.75) is 13.8 Å². The Morgan fingerprint density at radius 2 is 1.84 bits per heavy atom. The number of hydrogen-bond donors (Lipinski definition) is 2. The summed E-state index contributed by atoms with van der Waals surface area (Å²) in [6.07, 6.45) is 1.38. The number of rotatable bonds is 3. The van der Waals surface area contributed by atoms with Gasteiger partial charge in [0.05, 0.1) is 16.9 Å². The predicted molar refractivity (Wildman–Crippen MR) is 67.0 cm³/mol. The number of nitrogens with zero attached hydrogens (tertiary/aromatic N) is 2. The van der Waals surface area contributed by atoms with Crippen molar-refractivity contribution in [3.63, 3.8) is 0 Å². The van der Waals surface area contributed by atoms with E-state index < -0.39 is 11.9 Å². The quantitative estimate of drug-likeness (QED) is 0.879. The smallest absolute Gasteiger partial charge is 0.339 e. The van der Waals surface area contributed by atoms with E-state index in [1.807, 2.05) is 0 Å². The largest absolute Gasteiger partial charge is 0.478 e. The maximum Gasteiger partial charge on any atom is 0.339 e. The van der Waals surface area contributed by atoms with Crippen molar-refractivity contribution < 1.29 is 19.8 Å². The van der Waals surface area contributed by atoms with Crippen molar-refractivity contribution in [2.24, 2.45) is 0 Å². The van der Waals surface area contributed by atoms with Gasteiger partial charge in [-0.3, -0.25) is 0 Å². The van der Waals surface area contributed by atoms with E-state index in [9.17, 15) is 9.59 Å². The number of aromatic nitrogens is 2. The topological polar surface area (TPSA) is 92.4 Å². The van der Waals surface area contributed by atoms with E-state index in [0.29, 0.717) is 11.4 Å². The molecule has 0 amide bonds. The molecular weight excluding hydrogens is 248 g/mol. The molecule has 0 bridgehead atoms. The third-order valence-electron chi connectivity index (χ3n) is 2.83. The van der Waals surface area contributed by atoms with E-state index in [2.05, 4.69) is 5.10 Å². The molecule has 0 fully saturated rings. The van der Waals surface area contributed by atoms with Crippen LogP contribution in [0.2, 0.25) is 0 Å². The third-order valence-corrected chi connectivity index (χ3v) is 2.83. The summed E-state index contributed by atoms with van der Waals surface area (Å²) in [6.45, 7) is 3.40.